The van der Waals surface area contributed by atoms with Gasteiger partial charge in [0.15, 0.2) is 6.73 Å². The molecule has 11 heteroatoms. The van der Waals surface area contributed by atoms with Gasteiger partial charge in [-0.2, -0.15) is 5.10 Å². The second-order valence-electron chi connectivity index (χ2n) is 5.47. The molecule has 0 atom stereocenters. The maximum Gasteiger partial charge on any atom is 0.296 e. The molecule has 0 bridgehead atoms. The Morgan fingerprint density at radius 1 is 1.11 bits per heavy atom. The zero-order valence-corrected chi connectivity index (χ0v) is 15.2. The summed E-state index contributed by atoms with van der Waals surface area (Å²) in [6.45, 7) is -0.403. The van der Waals surface area contributed by atoms with Crippen LogP contribution in [0.1, 0.15) is 0 Å². The molecule has 2 aromatic carbocycles. The van der Waals surface area contributed by atoms with E-state index in [1.54, 1.807) is 42.5 Å². The monoisotopic (exact) mass is 408 g/mol. The van der Waals surface area contributed by atoms with Crippen molar-refractivity contribution in [2.24, 2.45) is 5.14 Å². The van der Waals surface area contributed by atoms with Crippen LogP contribution in [-0.2, 0) is 21.6 Å². The highest BCUT2D eigenvalue weighted by Crippen LogP contribution is 2.28. The Morgan fingerprint density at radius 2 is 1.70 bits per heavy atom. The normalized spacial score (nSPS) is 11.3. The lowest BCUT2D eigenvalue weighted by Gasteiger charge is -2.06. The van der Waals surface area contributed by atoms with Crippen LogP contribution in [0, 0.1) is 10.1 Å². The number of halogens is 1. The summed E-state index contributed by atoms with van der Waals surface area (Å²) in [6, 6.07) is 14.4. The summed E-state index contributed by atoms with van der Waals surface area (Å²) < 4.78 is 24.1. The molecule has 140 valence electrons. The highest BCUT2D eigenvalue weighted by atomic mass is 35.5. The number of aromatic nitrogens is 2. The average molecular weight is 409 g/mol. The molecule has 3 aromatic rings. The molecule has 2 N–H and O–H groups in total. The second kappa shape index (κ2) is 7.35. The Bertz CT molecular complexity index is 1080. The molecule has 0 fully saturated rings. The summed E-state index contributed by atoms with van der Waals surface area (Å²) in [4.78, 5) is 14.9. The smallest absolute Gasteiger partial charge is 0.290 e. The molecule has 0 aliphatic rings. The van der Waals surface area contributed by atoms with E-state index < -0.39 is 21.8 Å². The van der Waals surface area contributed by atoms with Gasteiger partial charge >= 0.3 is 0 Å². The van der Waals surface area contributed by atoms with Gasteiger partial charge in [0.25, 0.3) is 5.09 Å². The largest absolute Gasteiger partial charge is 0.296 e. The molecule has 0 saturated heterocycles. The van der Waals surface area contributed by atoms with Crippen LogP contribution in [0.5, 0.6) is 0 Å². The fourth-order valence-corrected chi connectivity index (χ4v) is 3.07. The zero-order chi connectivity index (χ0) is 19.6. The summed E-state index contributed by atoms with van der Waals surface area (Å²) in [5.74, 6) is 0. The van der Waals surface area contributed by atoms with E-state index in [1.807, 2.05) is 0 Å². The van der Waals surface area contributed by atoms with Crippen molar-refractivity contribution in [2.45, 2.75) is 11.6 Å². The molecule has 0 aliphatic carbocycles. The lowest BCUT2D eigenvalue weighted by molar-refractivity contribution is -0.767. The van der Waals surface area contributed by atoms with Gasteiger partial charge < -0.3 is 0 Å². The topological polar surface area (TPSA) is 130 Å². The maximum absolute atomic E-state index is 11.4. The van der Waals surface area contributed by atoms with Crippen molar-refractivity contribution in [3.05, 3.63) is 69.7 Å². The van der Waals surface area contributed by atoms with Crippen LogP contribution in [0.3, 0.4) is 0 Å². The molecule has 1 heterocycles. The van der Waals surface area contributed by atoms with Crippen molar-refractivity contribution >= 4 is 21.6 Å². The fourth-order valence-electron chi connectivity index (χ4n) is 2.43. The van der Waals surface area contributed by atoms with Gasteiger partial charge in [-0.15, -0.1) is 10.1 Å². The average Bonchev–Trinajstić information content (AvgIpc) is 3.04. The first-order chi connectivity index (χ1) is 12.7. The molecule has 27 heavy (non-hydrogen) atoms. The first-order valence-corrected chi connectivity index (χ1v) is 9.41. The molecule has 0 spiro atoms. The molecule has 0 unspecified atom stereocenters. The van der Waals surface area contributed by atoms with E-state index in [-0.39, 0.29) is 4.90 Å². The maximum atomic E-state index is 11.4. The van der Waals surface area contributed by atoms with Gasteiger partial charge in [-0.25, -0.2) is 18.2 Å². The van der Waals surface area contributed by atoms with Crippen LogP contribution in [0.2, 0.25) is 5.02 Å². The summed E-state index contributed by atoms with van der Waals surface area (Å²) in [5.41, 5.74) is 2.38. The van der Waals surface area contributed by atoms with E-state index in [0.29, 0.717) is 22.0 Å². The Labute approximate surface area is 159 Å². The van der Waals surface area contributed by atoms with E-state index in [1.165, 1.54) is 16.8 Å². The van der Waals surface area contributed by atoms with E-state index in [9.17, 15) is 18.5 Å². The minimum Gasteiger partial charge on any atom is -0.290 e. The molecular weight excluding hydrogens is 396 g/mol. The van der Waals surface area contributed by atoms with Gasteiger partial charge in [0.05, 0.1) is 16.3 Å². The highest BCUT2D eigenvalue weighted by molar-refractivity contribution is 7.89. The Kier molecular flexibility index (Phi) is 5.13. The summed E-state index contributed by atoms with van der Waals surface area (Å²) in [5, 5.41) is 19.6. The van der Waals surface area contributed by atoms with E-state index in [0.717, 1.165) is 5.56 Å². The molecule has 1 aromatic heterocycles. The molecule has 9 nitrogen and oxygen atoms in total. The Hall–Kier alpha value is -2.95. The molecular formula is C16H13ClN4O5S. The van der Waals surface area contributed by atoms with Gasteiger partial charge in [-0.3, -0.25) is 4.84 Å². The Morgan fingerprint density at radius 3 is 2.26 bits per heavy atom. The van der Waals surface area contributed by atoms with Gasteiger partial charge in [0, 0.05) is 10.6 Å². The number of nitrogens with zero attached hydrogens (tertiary/aromatic N) is 3. The van der Waals surface area contributed by atoms with Crippen LogP contribution in [0.15, 0.2) is 59.5 Å². The van der Waals surface area contributed by atoms with Crippen molar-refractivity contribution < 1.29 is 18.3 Å². The fraction of sp³-hybridized carbons (Fsp3) is 0.0625. The van der Waals surface area contributed by atoms with Crippen molar-refractivity contribution in [3.63, 3.8) is 0 Å². The van der Waals surface area contributed by atoms with Crippen molar-refractivity contribution in [3.8, 4) is 22.5 Å². The van der Waals surface area contributed by atoms with Gasteiger partial charge in [0.1, 0.15) is 0 Å². The summed E-state index contributed by atoms with van der Waals surface area (Å²) in [7, 11) is -3.80. The minimum absolute atomic E-state index is 0.0275. The van der Waals surface area contributed by atoms with E-state index >= 15 is 0 Å². The second-order valence-corrected chi connectivity index (χ2v) is 7.47. The van der Waals surface area contributed by atoms with Crippen LogP contribution >= 0.6 is 11.6 Å². The van der Waals surface area contributed by atoms with E-state index in [4.69, 9.17) is 16.7 Å². The first-order valence-electron chi connectivity index (χ1n) is 7.48. The molecule has 0 amide bonds. The first kappa shape index (κ1) is 18.8. The number of rotatable bonds is 6. The van der Waals surface area contributed by atoms with Crippen molar-refractivity contribution in [1.82, 2.24) is 9.78 Å². The predicted molar refractivity (Wildman–Crippen MR) is 97.6 cm³/mol. The SMILES string of the molecule is NS(=O)(=O)c1ccc(-c2cc(-c3ccc(Cl)cc3)n(CO[N+](=O)[O-])n2)cc1. The van der Waals surface area contributed by atoms with Crippen molar-refractivity contribution in [1.29, 1.82) is 0 Å². The molecule has 0 aliphatic heterocycles. The summed E-state index contributed by atoms with van der Waals surface area (Å²) in [6.07, 6.45) is 0. The lowest BCUT2D eigenvalue weighted by Crippen LogP contribution is -2.11. The number of hydrogen-bond acceptors (Lipinski definition) is 6. The number of nitrogens with two attached hydrogens (primary N) is 1. The van der Waals surface area contributed by atoms with Crippen LogP contribution in [0.4, 0.5) is 0 Å². The number of benzene rings is 2. The number of hydrogen-bond donors (Lipinski definition) is 1. The molecule has 3 rings (SSSR count). The predicted octanol–water partition coefficient (Wildman–Crippen LogP) is 2.68. The quantitative estimate of drug-likeness (QED) is 0.492. The van der Waals surface area contributed by atoms with Gasteiger partial charge in [-0.1, -0.05) is 35.9 Å². The third-order valence-corrected chi connectivity index (χ3v) is 4.87. The molecule has 0 radical (unpaired) electrons. The number of sulfonamides is 1. The standard InChI is InChI=1S/C16H13ClN4O5S/c17-13-5-1-12(2-6-13)16-9-15(19-20(16)10-26-21(22)23)11-3-7-14(8-4-11)27(18,24)25/h1-9H,10H2,(H2,18,24,25). The Balaban J connectivity index is 2.02. The van der Waals surface area contributed by atoms with Crippen LogP contribution in [-0.4, -0.2) is 23.3 Å². The molecule has 0 saturated carbocycles. The minimum atomic E-state index is -3.80. The van der Waals surface area contributed by atoms with Gasteiger partial charge in [-0.05, 0) is 35.9 Å². The zero-order valence-electron chi connectivity index (χ0n) is 13.6. The third-order valence-electron chi connectivity index (χ3n) is 3.68. The van der Waals surface area contributed by atoms with Crippen LogP contribution < -0.4 is 5.14 Å². The number of primary sulfonamides is 1. The highest BCUT2D eigenvalue weighted by Gasteiger charge is 2.14. The lowest BCUT2D eigenvalue weighted by atomic mass is 10.1. The summed E-state index contributed by atoms with van der Waals surface area (Å²) >= 11 is 5.90. The van der Waals surface area contributed by atoms with Crippen molar-refractivity contribution in [2.75, 3.05) is 0 Å². The third kappa shape index (κ3) is 4.42. The van der Waals surface area contributed by atoms with Gasteiger partial charge in [0.2, 0.25) is 10.0 Å². The van der Waals surface area contributed by atoms with Crippen LogP contribution in [0.25, 0.3) is 22.5 Å². The van der Waals surface area contributed by atoms with E-state index in [2.05, 4.69) is 9.94 Å².